The fourth-order valence-corrected chi connectivity index (χ4v) is 9.95. The zero-order valence-electron chi connectivity index (χ0n) is 28.5. The normalized spacial score (nSPS) is 12.2. The van der Waals surface area contributed by atoms with Crippen molar-refractivity contribution < 1.29 is 0 Å². The van der Waals surface area contributed by atoms with Crippen molar-refractivity contribution in [3.05, 3.63) is 176 Å². The van der Waals surface area contributed by atoms with Gasteiger partial charge in [-0.1, -0.05) is 115 Å². The van der Waals surface area contributed by atoms with Gasteiger partial charge in [-0.3, -0.25) is 0 Å². The molecule has 0 unspecified atom stereocenters. The first-order chi connectivity index (χ1) is 26.3. The molecule has 4 heterocycles. The molecule has 4 aromatic heterocycles. The van der Waals surface area contributed by atoms with Crippen molar-refractivity contribution in [3.8, 4) is 22.5 Å². The Balaban J connectivity index is 1.17. The van der Waals surface area contributed by atoms with E-state index in [0.29, 0.717) is 0 Å². The number of rotatable bonds is 3. The Labute approximate surface area is 308 Å². The van der Waals surface area contributed by atoms with Crippen LogP contribution in [-0.4, -0.2) is 14.1 Å². The smallest absolute Gasteiger partial charge is 0.0917 e. The Morgan fingerprint density at radius 1 is 0.415 bits per heavy atom. The van der Waals surface area contributed by atoms with E-state index in [4.69, 9.17) is 4.98 Å². The number of thiophene rings is 1. The molecule has 0 aliphatic carbocycles. The average molecular weight is 692 g/mol. The van der Waals surface area contributed by atoms with Crippen molar-refractivity contribution in [2.45, 2.75) is 0 Å². The maximum Gasteiger partial charge on any atom is 0.0917 e. The monoisotopic (exact) mass is 691 g/mol. The van der Waals surface area contributed by atoms with Crippen LogP contribution in [0.15, 0.2) is 176 Å². The summed E-state index contributed by atoms with van der Waals surface area (Å²) in [6.07, 6.45) is 0. The van der Waals surface area contributed by atoms with E-state index in [2.05, 4.69) is 185 Å². The van der Waals surface area contributed by atoms with E-state index in [1.54, 1.807) is 0 Å². The molecule has 0 saturated carbocycles. The van der Waals surface area contributed by atoms with Crippen LogP contribution < -0.4 is 0 Å². The van der Waals surface area contributed by atoms with Crippen LogP contribution in [-0.2, 0) is 0 Å². The predicted molar refractivity (Wildman–Crippen MR) is 226 cm³/mol. The van der Waals surface area contributed by atoms with E-state index in [9.17, 15) is 0 Å². The minimum Gasteiger partial charge on any atom is -0.309 e. The van der Waals surface area contributed by atoms with Crippen molar-refractivity contribution in [3.63, 3.8) is 0 Å². The number of pyridine rings is 1. The van der Waals surface area contributed by atoms with Gasteiger partial charge in [0.05, 0.1) is 43.5 Å². The van der Waals surface area contributed by atoms with E-state index in [1.807, 2.05) is 11.3 Å². The van der Waals surface area contributed by atoms with Gasteiger partial charge in [0.25, 0.3) is 0 Å². The molecule has 0 aliphatic rings. The Morgan fingerprint density at radius 3 is 1.89 bits per heavy atom. The molecule has 12 rings (SSSR count). The van der Waals surface area contributed by atoms with E-state index in [0.717, 1.165) is 16.4 Å². The fraction of sp³-hybridized carbons (Fsp3) is 0. The predicted octanol–water partition coefficient (Wildman–Crippen LogP) is 13.6. The molecule has 0 spiro atoms. The first-order valence-corrected chi connectivity index (χ1v) is 18.9. The largest absolute Gasteiger partial charge is 0.309 e. The van der Waals surface area contributed by atoms with Crippen molar-refractivity contribution in [1.82, 2.24) is 14.1 Å². The summed E-state index contributed by atoms with van der Waals surface area (Å²) in [6.45, 7) is 0. The number of hydrogen-bond donors (Lipinski definition) is 0. The maximum absolute atomic E-state index is 5.26. The molecule has 0 N–H and O–H groups in total. The van der Waals surface area contributed by atoms with Crippen LogP contribution in [0.25, 0.3) is 108 Å². The summed E-state index contributed by atoms with van der Waals surface area (Å²) in [5.41, 5.74) is 11.7. The third-order valence-corrected chi connectivity index (χ3v) is 12.2. The Morgan fingerprint density at radius 2 is 1.04 bits per heavy atom. The zero-order valence-corrected chi connectivity index (χ0v) is 29.3. The van der Waals surface area contributed by atoms with Gasteiger partial charge in [0.15, 0.2) is 0 Å². The van der Waals surface area contributed by atoms with Crippen LogP contribution in [0.2, 0.25) is 0 Å². The molecule has 0 fully saturated rings. The van der Waals surface area contributed by atoms with Crippen molar-refractivity contribution in [2.75, 3.05) is 0 Å². The lowest BCUT2D eigenvalue weighted by Crippen LogP contribution is -1.97. The lowest BCUT2D eigenvalue weighted by atomic mass is 9.99. The fourth-order valence-electron chi connectivity index (χ4n) is 8.76. The molecule has 0 bridgehead atoms. The molecule has 246 valence electrons. The van der Waals surface area contributed by atoms with Gasteiger partial charge in [-0.05, 0) is 82.6 Å². The minimum atomic E-state index is 1.01. The molecule has 0 aliphatic heterocycles. The van der Waals surface area contributed by atoms with E-state index in [-0.39, 0.29) is 0 Å². The number of para-hydroxylation sites is 3. The van der Waals surface area contributed by atoms with Crippen LogP contribution in [0.1, 0.15) is 0 Å². The quantitative estimate of drug-likeness (QED) is 0.181. The Kier molecular flexibility index (Phi) is 5.93. The molecule has 12 aromatic rings. The highest BCUT2D eigenvalue weighted by Crippen LogP contribution is 2.45. The number of fused-ring (bicyclic) bond motifs is 12. The average Bonchev–Trinajstić information content (AvgIpc) is 3.87. The highest BCUT2D eigenvalue weighted by atomic mass is 32.1. The molecule has 0 atom stereocenters. The van der Waals surface area contributed by atoms with E-state index < -0.39 is 0 Å². The summed E-state index contributed by atoms with van der Waals surface area (Å²) in [6, 6.07) is 64.1. The van der Waals surface area contributed by atoms with Gasteiger partial charge in [0.1, 0.15) is 0 Å². The highest BCUT2D eigenvalue weighted by Gasteiger charge is 2.22. The topological polar surface area (TPSA) is 22.8 Å². The molecular weight excluding hydrogens is 663 g/mol. The van der Waals surface area contributed by atoms with Crippen LogP contribution in [0, 0.1) is 0 Å². The first kappa shape index (κ1) is 28.9. The molecule has 8 aromatic carbocycles. The summed E-state index contributed by atoms with van der Waals surface area (Å²) in [5.74, 6) is 0. The second-order valence-electron chi connectivity index (χ2n) is 13.9. The van der Waals surface area contributed by atoms with E-state index >= 15 is 0 Å². The molecule has 0 amide bonds. The third kappa shape index (κ3) is 4.07. The number of hydrogen-bond acceptors (Lipinski definition) is 2. The molecule has 53 heavy (non-hydrogen) atoms. The standard InChI is InChI=1S/C49H29N3S/c1-2-13-33(14-3-1)51-41-20-10-7-16-35(41)38-28-31(23-25-42(38)51)32-24-26-43-39(29-32)46-34-15-5-4-12-30(34)22-27-44(46)52(43)48-36-17-6-9-19-40(36)50-47-37-18-8-11-21-45(37)53-49(47)48/h1-29H. The summed E-state index contributed by atoms with van der Waals surface area (Å²) in [7, 11) is 0. The van der Waals surface area contributed by atoms with Crippen LogP contribution in [0.4, 0.5) is 0 Å². The molecular formula is C49H29N3S. The van der Waals surface area contributed by atoms with Gasteiger partial charge in [-0.25, -0.2) is 4.98 Å². The SMILES string of the molecule is c1ccc(-n2c3ccccc3c3cc(-c4ccc5c(c4)c4c6ccccc6ccc4n5-c4c5ccccc5nc5c4sc4ccccc45)ccc32)cc1. The second kappa shape index (κ2) is 10.9. The molecule has 3 nitrogen and oxygen atoms in total. The Bertz CT molecular complexity index is 3460. The van der Waals surface area contributed by atoms with Gasteiger partial charge >= 0.3 is 0 Å². The maximum atomic E-state index is 5.26. The van der Waals surface area contributed by atoms with Crippen molar-refractivity contribution in [2.24, 2.45) is 0 Å². The molecule has 0 radical (unpaired) electrons. The van der Waals surface area contributed by atoms with Gasteiger partial charge < -0.3 is 9.13 Å². The van der Waals surface area contributed by atoms with Crippen LogP contribution >= 0.6 is 11.3 Å². The Hall–Kier alpha value is -6.75. The minimum absolute atomic E-state index is 1.01. The lowest BCUT2D eigenvalue weighted by molar-refractivity contribution is 1.18. The van der Waals surface area contributed by atoms with Gasteiger partial charge in [0, 0.05) is 42.7 Å². The van der Waals surface area contributed by atoms with Gasteiger partial charge in [-0.2, -0.15) is 0 Å². The van der Waals surface area contributed by atoms with Gasteiger partial charge in [-0.15, -0.1) is 11.3 Å². The van der Waals surface area contributed by atoms with Crippen molar-refractivity contribution in [1.29, 1.82) is 0 Å². The van der Waals surface area contributed by atoms with Gasteiger partial charge in [0.2, 0.25) is 0 Å². The lowest BCUT2D eigenvalue weighted by Gasteiger charge is -2.13. The zero-order chi connectivity index (χ0) is 34.6. The van der Waals surface area contributed by atoms with Crippen molar-refractivity contribution >= 4 is 96.9 Å². The third-order valence-electron chi connectivity index (χ3n) is 11.1. The summed E-state index contributed by atoms with van der Waals surface area (Å²) in [5, 5.41) is 9.90. The summed E-state index contributed by atoms with van der Waals surface area (Å²) >= 11 is 1.84. The van der Waals surface area contributed by atoms with E-state index in [1.165, 1.54) is 91.7 Å². The molecule has 4 heteroatoms. The summed E-state index contributed by atoms with van der Waals surface area (Å²) in [4.78, 5) is 5.26. The highest BCUT2D eigenvalue weighted by molar-refractivity contribution is 7.26. The molecule has 0 saturated heterocycles. The number of nitrogens with zero attached hydrogens (tertiary/aromatic N) is 3. The van der Waals surface area contributed by atoms with Crippen LogP contribution in [0.3, 0.4) is 0 Å². The number of benzene rings is 8. The van der Waals surface area contributed by atoms with Crippen LogP contribution in [0.5, 0.6) is 0 Å². The number of aromatic nitrogens is 3. The summed E-state index contributed by atoms with van der Waals surface area (Å²) < 4.78 is 7.36. The first-order valence-electron chi connectivity index (χ1n) is 18.1. The second-order valence-corrected chi connectivity index (χ2v) is 15.0.